The Labute approximate surface area is 81.4 Å². The molecule has 0 aromatic heterocycles. The zero-order valence-electron chi connectivity index (χ0n) is 8.84. The second kappa shape index (κ2) is 5.37. The summed E-state index contributed by atoms with van der Waals surface area (Å²) < 4.78 is 0. The Kier molecular flexibility index (Phi) is 4.42. The van der Waals surface area contributed by atoms with Gasteiger partial charge in [-0.25, -0.2) is 0 Å². The van der Waals surface area contributed by atoms with Crippen molar-refractivity contribution < 1.29 is 0 Å². The fraction of sp³-hybridized carbons (Fsp3) is 0.800. The van der Waals surface area contributed by atoms with Crippen molar-refractivity contribution in [1.82, 2.24) is 15.1 Å². The van der Waals surface area contributed by atoms with Crippen molar-refractivity contribution in [2.45, 2.75) is 0 Å². The molecule has 76 valence electrons. The molecule has 1 N–H and O–H groups in total. The van der Waals surface area contributed by atoms with Crippen molar-refractivity contribution in [2.75, 3.05) is 53.4 Å². The molecular weight excluding hydrogens is 162 g/mol. The normalized spacial score (nSPS) is 20.5. The van der Waals surface area contributed by atoms with E-state index in [2.05, 4.69) is 28.7 Å². The fourth-order valence-electron chi connectivity index (χ4n) is 1.63. The van der Waals surface area contributed by atoms with Crippen molar-refractivity contribution in [3.05, 3.63) is 12.2 Å². The quantitative estimate of drug-likeness (QED) is 0.619. The van der Waals surface area contributed by atoms with Crippen molar-refractivity contribution >= 4 is 0 Å². The number of likely N-dealkylation sites (N-methyl/N-ethyl adjacent to an activating group) is 2. The topological polar surface area (TPSA) is 18.5 Å². The van der Waals surface area contributed by atoms with Crippen LogP contribution in [0.15, 0.2) is 12.2 Å². The molecule has 0 aromatic rings. The number of hydrogen-bond donors (Lipinski definition) is 1. The highest BCUT2D eigenvalue weighted by atomic mass is 15.2. The van der Waals surface area contributed by atoms with Gasteiger partial charge in [-0.05, 0) is 19.7 Å². The fourth-order valence-corrected chi connectivity index (χ4v) is 1.63. The Morgan fingerprint density at radius 2 is 1.92 bits per heavy atom. The lowest BCUT2D eigenvalue weighted by Gasteiger charge is -2.32. The summed E-state index contributed by atoms with van der Waals surface area (Å²) in [6.45, 7) is 10.8. The molecule has 1 aliphatic heterocycles. The first-order valence-electron chi connectivity index (χ1n) is 4.94. The van der Waals surface area contributed by atoms with Gasteiger partial charge in [-0.1, -0.05) is 6.58 Å². The Bertz CT molecular complexity index is 160. The largest absolute Gasteiger partial charge is 0.316 e. The summed E-state index contributed by atoms with van der Waals surface area (Å²) in [5.41, 5.74) is 1.28. The van der Waals surface area contributed by atoms with Gasteiger partial charge in [0.2, 0.25) is 0 Å². The van der Waals surface area contributed by atoms with Crippen LogP contribution in [-0.2, 0) is 0 Å². The molecule has 0 aromatic carbocycles. The minimum absolute atomic E-state index is 0.937. The molecule has 0 atom stereocenters. The van der Waals surface area contributed by atoms with Crippen molar-refractivity contribution in [1.29, 1.82) is 0 Å². The molecule has 1 aliphatic rings. The molecular formula is C10H21N3. The van der Waals surface area contributed by atoms with Crippen molar-refractivity contribution in [2.24, 2.45) is 0 Å². The maximum atomic E-state index is 4.04. The average Bonchev–Trinajstić information content (AvgIpc) is 2.09. The van der Waals surface area contributed by atoms with E-state index in [1.54, 1.807) is 0 Å². The van der Waals surface area contributed by atoms with Crippen LogP contribution < -0.4 is 5.32 Å². The minimum atomic E-state index is 0.937. The number of rotatable bonds is 4. The summed E-state index contributed by atoms with van der Waals surface area (Å²) in [4.78, 5) is 4.84. The van der Waals surface area contributed by atoms with Gasteiger partial charge in [0.15, 0.2) is 0 Å². The molecule has 1 heterocycles. The molecule has 0 aliphatic carbocycles. The van der Waals surface area contributed by atoms with Crippen LogP contribution in [0.3, 0.4) is 0 Å². The highest BCUT2D eigenvalue weighted by Crippen LogP contribution is 2.01. The summed E-state index contributed by atoms with van der Waals surface area (Å²) in [6, 6.07) is 0. The Balaban J connectivity index is 2.18. The van der Waals surface area contributed by atoms with Gasteiger partial charge in [-0.3, -0.25) is 4.90 Å². The first kappa shape index (κ1) is 10.7. The van der Waals surface area contributed by atoms with Crippen molar-refractivity contribution in [3.63, 3.8) is 0 Å². The summed E-state index contributed by atoms with van der Waals surface area (Å²) >= 11 is 0. The predicted octanol–water partition coefficient (Wildman–Crippen LogP) is 0.00940. The third kappa shape index (κ3) is 3.89. The van der Waals surface area contributed by atoms with Crippen molar-refractivity contribution in [3.8, 4) is 0 Å². The molecule has 0 spiro atoms. The van der Waals surface area contributed by atoms with Crippen LogP contribution in [0.25, 0.3) is 0 Å². The van der Waals surface area contributed by atoms with E-state index in [0.29, 0.717) is 0 Å². The molecule has 0 radical (unpaired) electrons. The second-order valence-electron chi connectivity index (χ2n) is 3.86. The van der Waals surface area contributed by atoms with Crippen LogP contribution >= 0.6 is 0 Å². The van der Waals surface area contributed by atoms with E-state index < -0.39 is 0 Å². The van der Waals surface area contributed by atoms with Gasteiger partial charge < -0.3 is 10.2 Å². The molecule has 0 amide bonds. The van der Waals surface area contributed by atoms with Crippen LogP contribution in [0.2, 0.25) is 0 Å². The van der Waals surface area contributed by atoms with Gasteiger partial charge in [-0.2, -0.15) is 0 Å². The maximum absolute atomic E-state index is 4.04. The van der Waals surface area contributed by atoms with E-state index >= 15 is 0 Å². The van der Waals surface area contributed by atoms with E-state index in [9.17, 15) is 0 Å². The molecule has 1 fully saturated rings. The van der Waals surface area contributed by atoms with E-state index in [1.807, 2.05) is 7.05 Å². The van der Waals surface area contributed by atoms with Gasteiger partial charge in [0.1, 0.15) is 0 Å². The van der Waals surface area contributed by atoms with E-state index in [4.69, 9.17) is 0 Å². The molecule has 3 nitrogen and oxygen atoms in total. The Hall–Kier alpha value is -0.380. The SMILES string of the molecule is C=C(CNC)CN1CCN(C)CC1. The first-order valence-corrected chi connectivity index (χ1v) is 4.94. The van der Waals surface area contributed by atoms with E-state index in [0.717, 1.165) is 13.1 Å². The smallest absolute Gasteiger partial charge is 0.0203 e. The summed E-state index contributed by atoms with van der Waals surface area (Å²) in [6.07, 6.45) is 0. The van der Waals surface area contributed by atoms with E-state index in [1.165, 1.54) is 31.8 Å². The average molecular weight is 183 g/mol. The van der Waals surface area contributed by atoms with Crippen LogP contribution in [0.5, 0.6) is 0 Å². The summed E-state index contributed by atoms with van der Waals surface area (Å²) in [5, 5.41) is 3.13. The van der Waals surface area contributed by atoms with Gasteiger partial charge in [-0.15, -0.1) is 0 Å². The first-order chi connectivity index (χ1) is 6.22. The van der Waals surface area contributed by atoms with Gasteiger partial charge in [0.05, 0.1) is 0 Å². The third-order valence-electron chi connectivity index (χ3n) is 2.47. The molecule has 0 saturated carbocycles. The highest BCUT2D eigenvalue weighted by molar-refractivity contribution is 4.99. The summed E-state index contributed by atoms with van der Waals surface area (Å²) in [5.74, 6) is 0. The summed E-state index contributed by atoms with van der Waals surface area (Å²) in [7, 11) is 4.15. The zero-order chi connectivity index (χ0) is 9.68. The second-order valence-corrected chi connectivity index (χ2v) is 3.86. The Morgan fingerprint density at radius 1 is 1.31 bits per heavy atom. The van der Waals surface area contributed by atoms with Crippen LogP contribution in [0.4, 0.5) is 0 Å². The molecule has 0 unspecified atom stereocenters. The van der Waals surface area contributed by atoms with Gasteiger partial charge in [0, 0.05) is 39.3 Å². The lowest BCUT2D eigenvalue weighted by Crippen LogP contribution is -2.45. The lowest BCUT2D eigenvalue weighted by molar-refractivity contribution is 0.163. The third-order valence-corrected chi connectivity index (χ3v) is 2.47. The number of piperazine rings is 1. The lowest BCUT2D eigenvalue weighted by atomic mass is 10.2. The van der Waals surface area contributed by atoms with Gasteiger partial charge >= 0.3 is 0 Å². The predicted molar refractivity (Wildman–Crippen MR) is 57.0 cm³/mol. The minimum Gasteiger partial charge on any atom is -0.316 e. The number of nitrogens with zero attached hydrogens (tertiary/aromatic N) is 2. The molecule has 0 bridgehead atoms. The molecule has 1 rings (SSSR count). The standard InChI is InChI=1S/C10H21N3/c1-10(8-11-2)9-13-6-4-12(3)5-7-13/h11H,1,4-9H2,2-3H3. The van der Waals surface area contributed by atoms with Gasteiger partial charge in [0.25, 0.3) is 0 Å². The number of nitrogens with one attached hydrogen (secondary N) is 1. The zero-order valence-corrected chi connectivity index (χ0v) is 8.84. The van der Waals surface area contributed by atoms with E-state index in [-0.39, 0.29) is 0 Å². The number of hydrogen-bond acceptors (Lipinski definition) is 3. The molecule has 1 saturated heterocycles. The maximum Gasteiger partial charge on any atom is 0.0203 e. The monoisotopic (exact) mass is 183 g/mol. The van der Waals surface area contributed by atoms with Crippen LogP contribution in [-0.4, -0.2) is 63.2 Å². The highest BCUT2D eigenvalue weighted by Gasteiger charge is 2.13. The molecule has 13 heavy (non-hydrogen) atoms. The van der Waals surface area contributed by atoms with Crippen LogP contribution in [0, 0.1) is 0 Å². The van der Waals surface area contributed by atoms with Crippen LogP contribution in [0.1, 0.15) is 0 Å². The molecule has 3 heteroatoms. The Morgan fingerprint density at radius 3 is 2.46 bits per heavy atom.